The molecule has 0 radical (unpaired) electrons. The first-order valence-corrected chi connectivity index (χ1v) is 23.8. The van der Waals surface area contributed by atoms with E-state index in [1.807, 2.05) is 30.3 Å². The number of nitrogens with two attached hydrogens (primary N) is 2. The molecule has 3 heterocycles. The Kier molecular flexibility index (Phi) is 19.8. The Balaban J connectivity index is 0.000000201. The monoisotopic (exact) mass is 1040 g/mol. The lowest BCUT2D eigenvalue weighted by molar-refractivity contribution is -0.129. The summed E-state index contributed by atoms with van der Waals surface area (Å²) >= 11 is 18.0. The summed E-state index contributed by atoms with van der Waals surface area (Å²) in [6, 6.07) is 30.3. The highest BCUT2D eigenvalue weighted by molar-refractivity contribution is 6.31. The molecule has 1 saturated carbocycles. The van der Waals surface area contributed by atoms with Gasteiger partial charge < -0.3 is 16.8 Å². The molecule has 1 fully saturated rings. The number of ketones is 2. The van der Waals surface area contributed by atoms with Crippen LogP contribution in [0.3, 0.4) is 0 Å². The molecule has 1 aliphatic carbocycles. The molecule has 1 amide bonds. The van der Waals surface area contributed by atoms with Gasteiger partial charge in [0.15, 0.2) is 5.78 Å². The number of hydrogen-bond donors (Lipinski definition) is 3. The number of fused-ring (bicyclic) bond motifs is 1. The van der Waals surface area contributed by atoms with E-state index in [2.05, 4.69) is 94.4 Å². The Morgan fingerprint density at radius 2 is 1.14 bits per heavy atom. The number of rotatable bonds is 16. The molecule has 4 atom stereocenters. The van der Waals surface area contributed by atoms with E-state index >= 15 is 0 Å². The fraction of sp³-hybridized carbons (Fsp3) is 0.306. The molecule has 71 heavy (non-hydrogen) atoms. The van der Waals surface area contributed by atoms with E-state index in [0.717, 1.165) is 59.4 Å². The minimum atomic E-state index is -0.539. The second-order valence-corrected chi connectivity index (χ2v) is 18.3. The van der Waals surface area contributed by atoms with Gasteiger partial charge in [0.05, 0.1) is 29.1 Å². The number of halogens is 4. The molecule has 1 aliphatic rings. The van der Waals surface area contributed by atoms with E-state index in [9.17, 15) is 14.4 Å². The van der Waals surface area contributed by atoms with Gasteiger partial charge in [-0.05, 0) is 177 Å². The number of nitrogens with zero attached hydrogens (tertiary/aromatic N) is 12. The van der Waals surface area contributed by atoms with Crippen LogP contribution in [-0.2, 0) is 40.2 Å². The Bertz CT molecular complexity index is 2990. The zero-order valence-corrected chi connectivity index (χ0v) is 42.0. The maximum atomic E-state index is 13.0. The zero-order valence-electron chi connectivity index (χ0n) is 38.9. The van der Waals surface area contributed by atoms with Gasteiger partial charge in [0.2, 0.25) is 5.91 Å². The zero-order chi connectivity index (χ0) is 49.6. The highest BCUT2D eigenvalue weighted by atomic mass is 35.5. The lowest BCUT2D eigenvalue weighted by Gasteiger charge is -2.17. The van der Waals surface area contributed by atoms with Crippen molar-refractivity contribution >= 4 is 75.5 Å². The summed E-state index contributed by atoms with van der Waals surface area (Å²) in [6.45, 7) is 3.85. The number of amides is 1. The number of carbonyl (C=O) groups excluding carboxylic acids is 3. The number of carbonyl (C=O) groups is 3. The fourth-order valence-corrected chi connectivity index (χ4v) is 8.87. The lowest BCUT2D eigenvalue weighted by atomic mass is 9.95. The first kappa shape index (κ1) is 53.8. The van der Waals surface area contributed by atoms with Gasteiger partial charge in [0.1, 0.15) is 24.8 Å². The lowest BCUT2D eigenvalue weighted by Crippen LogP contribution is -2.41. The molecule has 9 rings (SSSR count). The van der Waals surface area contributed by atoms with Crippen LogP contribution >= 0.6 is 47.2 Å². The molecule has 0 bridgehead atoms. The first-order chi connectivity index (χ1) is 33.8. The van der Waals surface area contributed by atoms with Gasteiger partial charge in [-0.15, -0.1) is 27.7 Å². The number of hydrogen-bond acceptors (Lipinski definition) is 14. The van der Waals surface area contributed by atoms with Crippen LogP contribution < -0.4 is 16.8 Å². The Morgan fingerprint density at radius 1 is 0.648 bits per heavy atom. The van der Waals surface area contributed by atoms with Gasteiger partial charge in [-0.1, -0.05) is 77.3 Å². The van der Waals surface area contributed by atoms with E-state index in [-0.39, 0.29) is 42.2 Å². The van der Waals surface area contributed by atoms with Crippen molar-refractivity contribution in [2.75, 3.05) is 0 Å². The highest BCUT2D eigenvalue weighted by Crippen LogP contribution is 2.34. The van der Waals surface area contributed by atoms with Gasteiger partial charge in [-0.2, -0.15) is 0 Å². The molecule has 5 aromatic carbocycles. The van der Waals surface area contributed by atoms with Crippen LogP contribution in [0.25, 0.3) is 27.8 Å². The third-order valence-corrected chi connectivity index (χ3v) is 12.7. The number of Topliss-reactive ketones (excluding diaryl/α,β-unsaturated/α-hetero) is 2. The van der Waals surface area contributed by atoms with Gasteiger partial charge >= 0.3 is 0 Å². The second-order valence-electron chi connectivity index (χ2n) is 17.0. The van der Waals surface area contributed by atoms with Crippen molar-refractivity contribution in [3.8, 4) is 17.1 Å². The molecule has 0 spiro atoms. The standard InChI is InChI=1S/C29H30ClN5O2.C12H14ClN5O.C8H8ClN5.ClH/c1-19(28(36)13-10-24-17-26(30)11-12-27(24)35-18-31-33-34-35)32-29(37)25-9-7-21(16-25)14-20-6-8-22-4-2-3-5-23(22)15-20;1-8(14)12(19)5-2-9-6-10(13)3-4-11(9)18-7-15-16-17-18;9-7-1-2-8(6(3-7)4-10)14-5-11-12-13-14;/h2-6,8,11-12,15,17-19,21,25H,7,9-10,13-14,16H2,1H3,(H,32,37);3-4,6-8H,2,5,14H2,1H3;1-3,5H,4,10H2;1H/t19-,21-,25+;8-;;/m00../s1. The van der Waals surface area contributed by atoms with Crippen LogP contribution in [0.15, 0.2) is 116 Å². The molecule has 0 unspecified atom stereocenters. The minimum absolute atomic E-state index is 0. The second kappa shape index (κ2) is 26.1. The van der Waals surface area contributed by atoms with E-state index < -0.39 is 12.1 Å². The number of nitrogens with one attached hydrogen (secondary N) is 1. The Morgan fingerprint density at radius 3 is 1.63 bits per heavy atom. The largest absolute Gasteiger partial charge is 0.346 e. The summed E-state index contributed by atoms with van der Waals surface area (Å²) in [7, 11) is 0. The summed E-state index contributed by atoms with van der Waals surface area (Å²) < 4.78 is 4.65. The van der Waals surface area contributed by atoms with Crippen molar-refractivity contribution in [2.24, 2.45) is 23.3 Å². The number of aryl methyl sites for hydroxylation is 2. The van der Waals surface area contributed by atoms with Gasteiger partial charge in [0.25, 0.3) is 0 Å². The van der Waals surface area contributed by atoms with Crippen LogP contribution in [0.2, 0.25) is 15.1 Å². The van der Waals surface area contributed by atoms with Crippen LogP contribution in [0, 0.1) is 11.8 Å². The molecular weight excluding hydrogens is 988 g/mol. The van der Waals surface area contributed by atoms with Gasteiger partial charge in [0, 0.05) is 40.4 Å². The summed E-state index contributed by atoms with van der Waals surface area (Å²) in [4.78, 5) is 37.4. The van der Waals surface area contributed by atoms with Crippen molar-refractivity contribution in [3.63, 3.8) is 0 Å². The SMILES string of the molecule is C[C@H](N)C(=O)CCc1cc(Cl)ccc1-n1cnnn1.C[C@H](NC(=O)[C@@H]1CC[C@@H](Cc2ccc3ccccc3c2)C1)C(=O)CCc1cc(Cl)ccc1-n1cnnn1.Cl.NCc1cc(Cl)ccc1-n1cnnn1. The quantitative estimate of drug-likeness (QED) is 0.0849. The van der Waals surface area contributed by atoms with Crippen LogP contribution in [0.5, 0.6) is 0 Å². The average molecular weight is 1040 g/mol. The van der Waals surface area contributed by atoms with E-state index in [4.69, 9.17) is 46.3 Å². The molecule has 5 N–H and O–H groups in total. The summed E-state index contributed by atoms with van der Waals surface area (Å²) in [5.41, 5.74) is 17.6. The van der Waals surface area contributed by atoms with Crippen LogP contribution in [0.1, 0.15) is 68.2 Å². The number of benzene rings is 5. The summed E-state index contributed by atoms with van der Waals surface area (Å²) in [5.74, 6) is 0.429. The summed E-state index contributed by atoms with van der Waals surface area (Å²) in [6.07, 6.45) is 9.94. The smallest absolute Gasteiger partial charge is 0.223 e. The fourth-order valence-electron chi connectivity index (χ4n) is 8.28. The molecule has 0 aliphatic heterocycles. The highest BCUT2D eigenvalue weighted by Gasteiger charge is 2.31. The molecule has 22 heteroatoms. The van der Waals surface area contributed by atoms with Crippen molar-refractivity contribution in [2.45, 2.75) is 83.8 Å². The predicted octanol–water partition coefficient (Wildman–Crippen LogP) is 7.50. The van der Waals surface area contributed by atoms with Crippen LogP contribution in [-0.4, -0.2) is 90.2 Å². The van der Waals surface area contributed by atoms with Crippen molar-refractivity contribution in [1.29, 1.82) is 0 Å². The van der Waals surface area contributed by atoms with Crippen molar-refractivity contribution in [3.05, 3.63) is 153 Å². The summed E-state index contributed by atoms with van der Waals surface area (Å²) in [5, 5.41) is 40.5. The molecule has 8 aromatic rings. The Labute approximate surface area is 431 Å². The van der Waals surface area contributed by atoms with Crippen molar-refractivity contribution < 1.29 is 14.4 Å². The van der Waals surface area contributed by atoms with E-state index in [0.29, 0.717) is 46.8 Å². The average Bonchev–Trinajstić information content (AvgIpc) is 4.23. The molecule has 0 saturated heterocycles. The third kappa shape index (κ3) is 15.0. The molecule has 370 valence electrons. The van der Waals surface area contributed by atoms with Gasteiger partial charge in [-0.25, -0.2) is 14.0 Å². The van der Waals surface area contributed by atoms with Gasteiger partial charge in [-0.3, -0.25) is 14.4 Å². The van der Waals surface area contributed by atoms with Crippen molar-refractivity contribution in [1.82, 2.24) is 65.9 Å². The maximum absolute atomic E-state index is 13.0. The maximum Gasteiger partial charge on any atom is 0.223 e. The van der Waals surface area contributed by atoms with E-state index in [1.165, 1.54) is 35.3 Å². The molecule has 3 aromatic heterocycles. The van der Waals surface area contributed by atoms with Crippen LogP contribution in [0.4, 0.5) is 0 Å². The third-order valence-electron chi connectivity index (χ3n) is 12.0. The molecule has 18 nitrogen and oxygen atoms in total. The Hall–Kier alpha value is -6.54. The predicted molar refractivity (Wildman–Crippen MR) is 274 cm³/mol. The number of aromatic nitrogens is 12. The van der Waals surface area contributed by atoms with E-state index in [1.54, 1.807) is 52.2 Å². The normalized spacial score (nSPS) is 14.8. The topological polar surface area (TPSA) is 246 Å². The minimum Gasteiger partial charge on any atom is -0.346 e. The molecular formula is C49H53Cl4N15O3. The first-order valence-electron chi connectivity index (χ1n) is 22.7. The number of tetrazole rings is 3.